The molecule has 0 N–H and O–H groups in total. The Morgan fingerprint density at radius 1 is 0.778 bits per heavy atom. The Morgan fingerprint density at radius 3 is 1.97 bits per heavy atom. The number of hydrogen-bond donors (Lipinski definition) is 0. The molecule has 4 fully saturated rings. The minimum Gasteiger partial charge on any atom is -0.458 e. The van der Waals surface area contributed by atoms with Crippen LogP contribution in [0.25, 0.3) is 0 Å². The highest BCUT2D eigenvalue weighted by atomic mass is 32.2. The van der Waals surface area contributed by atoms with Crippen molar-refractivity contribution < 1.29 is 57.0 Å². The average Bonchev–Trinajstić information content (AvgIpc) is 3.22. The Hall–Kier alpha value is -1.48. The first kappa shape index (κ1) is 27.6. The van der Waals surface area contributed by atoms with E-state index < -0.39 is 83.9 Å². The van der Waals surface area contributed by atoms with Gasteiger partial charge >= 0.3 is 17.9 Å². The van der Waals surface area contributed by atoms with Gasteiger partial charge in [-0.25, -0.2) is 0 Å². The molecule has 4 heterocycles. The second-order valence-corrected chi connectivity index (χ2v) is 11.2. The molecule has 0 aromatic carbocycles. The molecule has 9 atom stereocenters. The summed E-state index contributed by atoms with van der Waals surface area (Å²) in [6.45, 7) is 11.0. The van der Waals surface area contributed by atoms with Crippen molar-refractivity contribution in [2.24, 2.45) is 0 Å². The molecular weight excluding hydrogens is 500 g/mol. The van der Waals surface area contributed by atoms with Gasteiger partial charge in [0.2, 0.25) is 0 Å². The van der Waals surface area contributed by atoms with Gasteiger partial charge in [0.1, 0.15) is 29.9 Å². The summed E-state index contributed by atoms with van der Waals surface area (Å²) in [5, 5.41) is 0. The van der Waals surface area contributed by atoms with Gasteiger partial charge in [0, 0.05) is 26.5 Å². The van der Waals surface area contributed by atoms with Gasteiger partial charge in [-0.05, 0) is 27.7 Å². The number of hydrogen-bond acceptors (Lipinski definition) is 13. The number of ether oxygens (including phenoxy) is 9. The number of carbonyl (C=O) groups is 3. The summed E-state index contributed by atoms with van der Waals surface area (Å²) in [5.41, 5.74) is -0.739. The van der Waals surface area contributed by atoms with E-state index in [9.17, 15) is 14.4 Å². The van der Waals surface area contributed by atoms with Gasteiger partial charge in [-0.15, -0.1) is 11.8 Å². The van der Waals surface area contributed by atoms with Crippen molar-refractivity contribution in [3.8, 4) is 0 Å². The lowest BCUT2D eigenvalue weighted by Gasteiger charge is -2.41. The molecule has 4 aliphatic heterocycles. The molecule has 0 aromatic rings. The normalized spacial score (nSPS) is 40.6. The summed E-state index contributed by atoms with van der Waals surface area (Å²) in [7, 11) is 0. The molecule has 4 saturated heterocycles. The summed E-state index contributed by atoms with van der Waals surface area (Å²) in [5.74, 6) is -3.20. The lowest BCUT2D eigenvalue weighted by atomic mass is 9.99. The SMILES string of the molecule is CC(=O)O[C@@H]1[C@@H](OC(C)=O)[C@@H](OC[C@H]2O[C@@H]3OC(C)(C)O[C@@H]3[C@H]3OC(C)(C)O[C@H]32)SC[C@@H]1OC(C)=O. The molecule has 0 aromatic heterocycles. The van der Waals surface area contributed by atoms with Gasteiger partial charge in [-0.1, -0.05) is 0 Å². The van der Waals surface area contributed by atoms with Gasteiger partial charge in [0.25, 0.3) is 0 Å². The minimum atomic E-state index is -1.04. The second-order valence-electron chi connectivity index (χ2n) is 10.0. The van der Waals surface area contributed by atoms with E-state index in [-0.39, 0.29) is 12.4 Å². The predicted octanol–water partition coefficient (Wildman–Crippen LogP) is 1.27. The molecule has 0 saturated carbocycles. The van der Waals surface area contributed by atoms with Crippen LogP contribution in [0.3, 0.4) is 0 Å². The Bertz CT molecular complexity index is 862. The molecule has 0 radical (unpaired) electrons. The maximum atomic E-state index is 11.9. The zero-order valence-corrected chi connectivity index (χ0v) is 22.2. The largest absolute Gasteiger partial charge is 0.458 e. The molecule has 0 spiro atoms. The zero-order chi connectivity index (χ0) is 26.4. The first-order valence-corrected chi connectivity index (χ1v) is 12.9. The highest BCUT2D eigenvalue weighted by molar-refractivity contribution is 7.99. The van der Waals surface area contributed by atoms with Gasteiger partial charge in [0.15, 0.2) is 36.2 Å². The molecule has 0 aliphatic carbocycles. The molecule has 4 rings (SSSR count). The number of carbonyl (C=O) groups excluding carboxylic acids is 3. The molecule has 4 aliphatic rings. The molecule has 0 bridgehead atoms. The summed E-state index contributed by atoms with van der Waals surface area (Å²) >= 11 is 1.28. The predicted molar refractivity (Wildman–Crippen MR) is 121 cm³/mol. The van der Waals surface area contributed by atoms with E-state index in [1.165, 1.54) is 32.5 Å². The van der Waals surface area contributed by atoms with Crippen LogP contribution in [0.1, 0.15) is 48.5 Å². The van der Waals surface area contributed by atoms with Crippen molar-refractivity contribution in [3.05, 3.63) is 0 Å². The average molecular weight is 535 g/mol. The third kappa shape index (κ3) is 6.14. The third-order valence-electron chi connectivity index (χ3n) is 5.98. The fourth-order valence-electron chi connectivity index (χ4n) is 4.87. The van der Waals surface area contributed by atoms with Crippen LogP contribution in [0, 0.1) is 0 Å². The third-order valence-corrected chi connectivity index (χ3v) is 7.23. The van der Waals surface area contributed by atoms with Crippen LogP contribution in [-0.2, 0) is 57.0 Å². The molecule has 13 heteroatoms. The molecule has 36 heavy (non-hydrogen) atoms. The van der Waals surface area contributed by atoms with Crippen molar-refractivity contribution in [1.29, 1.82) is 0 Å². The minimum absolute atomic E-state index is 0.0358. The van der Waals surface area contributed by atoms with Crippen LogP contribution in [0.15, 0.2) is 0 Å². The number of esters is 3. The quantitative estimate of drug-likeness (QED) is 0.358. The number of fused-ring (bicyclic) bond motifs is 3. The fourth-order valence-corrected chi connectivity index (χ4v) is 6.08. The summed E-state index contributed by atoms with van der Waals surface area (Å²) in [6, 6.07) is 0. The van der Waals surface area contributed by atoms with Crippen LogP contribution in [0.5, 0.6) is 0 Å². The van der Waals surface area contributed by atoms with Crippen molar-refractivity contribution in [3.63, 3.8) is 0 Å². The molecule has 12 nitrogen and oxygen atoms in total. The van der Waals surface area contributed by atoms with E-state index in [0.717, 1.165) is 0 Å². The van der Waals surface area contributed by atoms with E-state index in [1.54, 1.807) is 13.8 Å². The van der Waals surface area contributed by atoms with E-state index in [2.05, 4.69) is 0 Å². The summed E-state index contributed by atoms with van der Waals surface area (Å²) in [6.07, 6.45) is -5.57. The maximum Gasteiger partial charge on any atom is 0.303 e. The summed E-state index contributed by atoms with van der Waals surface area (Å²) < 4.78 is 52.8. The zero-order valence-electron chi connectivity index (χ0n) is 21.4. The van der Waals surface area contributed by atoms with Crippen LogP contribution < -0.4 is 0 Å². The number of rotatable bonds is 6. The van der Waals surface area contributed by atoms with E-state index in [0.29, 0.717) is 0 Å². The van der Waals surface area contributed by atoms with E-state index in [1.807, 2.05) is 13.8 Å². The fraction of sp³-hybridized carbons (Fsp3) is 0.870. The second kappa shape index (κ2) is 10.4. The van der Waals surface area contributed by atoms with E-state index >= 15 is 0 Å². The molecule has 204 valence electrons. The number of thioether (sulfide) groups is 1. The van der Waals surface area contributed by atoms with Gasteiger partial charge in [-0.3, -0.25) is 14.4 Å². The molecule has 0 amide bonds. The van der Waals surface area contributed by atoms with Crippen molar-refractivity contribution in [1.82, 2.24) is 0 Å². The first-order valence-electron chi connectivity index (χ1n) is 11.9. The van der Waals surface area contributed by atoms with Crippen LogP contribution in [-0.4, -0.2) is 96.3 Å². The highest BCUT2D eigenvalue weighted by Gasteiger charge is 2.61. The van der Waals surface area contributed by atoms with Crippen LogP contribution in [0.4, 0.5) is 0 Å². The summed E-state index contributed by atoms with van der Waals surface area (Å²) in [4.78, 5) is 35.3. The Morgan fingerprint density at radius 2 is 1.33 bits per heavy atom. The lowest BCUT2D eigenvalue weighted by Crippen LogP contribution is -2.58. The Kier molecular flexibility index (Phi) is 7.92. The van der Waals surface area contributed by atoms with Crippen molar-refractivity contribution in [2.75, 3.05) is 12.4 Å². The standard InChI is InChI=1S/C23H34O12S/c1-10(24)28-14-9-36-21(19(30-12(3)26)15(14)29-11(2)25)27-8-13-16-17(33-22(4,5)32-16)18-20(31-13)35-23(6,7)34-18/h13-21H,8-9H2,1-7H3/t13-,14+,15+,16+,17+,18-,19-,20-,21+/m1/s1. The van der Waals surface area contributed by atoms with E-state index in [4.69, 9.17) is 42.6 Å². The highest BCUT2D eigenvalue weighted by Crippen LogP contribution is 2.44. The first-order chi connectivity index (χ1) is 16.7. The molecular formula is C23H34O12S. The topological polar surface area (TPSA) is 134 Å². The monoisotopic (exact) mass is 534 g/mol. The molecule has 0 unspecified atom stereocenters. The smallest absolute Gasteiger partial charge is 0.303 e. The van der Waals surface area contributed by atoms with Gasteiger partial charge < -0.3 is 42.6 Å². The van der Waals surface area contributed by atoms with Crippen LogP contribution in [0.2, 0.25) is 0 Å². The lowest BCUT2D eigenvalue weighted by molar-refractivity contribution is -0.247. The Labute approximate surface area is 213 Å². The van der Waals surface area contributed by atoms with Crippen molar-refractivity contribution in [2.45, 2.75) is 114 Å². The Balaban J connectivity index is 1.50. The van der Waals surface area contributed by atoms with Crippen LogP contribution >= 0.6 is 11.8 Å². The van der Waals surface area contributed by atoms with Crippen molar-refractivity contribution >= 4 is 29.7 Å². The maximum absolute atomic E-state index is 11.9. The van der Waals surface area contributed by atoms with Gasteiger partial charge in [0.05, 0.1) is 6.61 Å². The van der Waals surface area contributed by atoms with Gasteiger partial charge in [-0.2, -0.15) is 0 Å².